The summed E-state index contributed by atoms with van der Waals surface area (Å²) >= 11 is 0. The van der Waals surface area contributed by atoms with Gasteiger partial charge in [-0.25, -0.2) is 19.3 Å². The first-order valence-corrected chi connectivity index (χ1v) is 9.10. The highest BCUT2D eigenvalue weighted by Gasteiger charge is 2.44. The van der Waals surface area contributed by atoms with Gasteiger partial charge in [0.2, 0.25) is 0 Å². The summed E-state index contributed by atoms with van der Waals surface area (Å²) in [6.07, 6.45) is -7.06. The number of imidazole rings is 1. The highest BCUT2D eigenvalue weighted by Crippen LogP contribution is 2.33. The number of ether oxygens (including phenoxy) is 1. The number of aliphatic hydroxyl groups is 3. The molecule has 166 valence electrons. The Labute approximate surface area is 172 Å². The van der Waals surface area contributed by atoms with Crippen molar-refractivity contribution in [2.45, 2.75) is 37.3 Å². The number of hydrogen-bond donors (Lipinski definition) is 4. The summed E-state index contributed by atoms with van der Waals surface area (Å²) in [7, 11) is 0. The van der Waals surface area contributed by atoms with Gasteiger partial charge in [0.1, 0.15) is 30.5 Å². The molecule has 3 aromatic rings. The quantitative estimate of drug-likeness (QED) is 0.434. The summed E-state index contributed by atoms with van der Waals surface area (Å²) in [5.41, 5.74) is -0.738. The number of rotatable bonds is 5. The molecule has 2 aromatic heterocycles. The maximum absolute atomic E-state index is 13.5. The second-order valence-corrected chi connectivity index (χ2v) is 6.94. The van der Waals surface area contributed by atoms with E-state index in [1.807, 2.05) is 0 Å². The Morgan fingerprint density at radius 2 is 1.90 bits per heavy atom. The Balaban J connectivity index is 1.58. The van der Waals surface area contributed by atoms with Gasteiger partial charge in [0.25, 0.3) is 0 Å². The van der Waals surface area contributed by atoms with Gasteiger partial charge in [0.15, 0.2) is 23.2 Å². The normalized spacial score (nSPS) is 24.1. The molecule has 1 aliphatic heterocycles. The third-order valence-corrected chi connectivity index (χ3v) is 4.95. The summed E-state index contributed by atoms with van der Waals surface area (Å²) < 4.78 is 59.0. The molecule has 0 radical (unpaired) electrons. The number of anilines is 1. The van der Waals surface area contributed by atoms with Gasteiger partial charge >= 0.3 is 6.18 Å². The van der Waals surface area contributed by atoms with Crippen molar-refractivity contribution in [3.63, 3.8) is 0 Å². The molecule has 0 aliphatic carbocycles. The van der Waals surface area contributed by atoms with Crippen LogP contribution >= 0.6 is 0 Å². The minimum atomic E-state index is -4.82. The first kappa shape index (κ1) is 21.4. The maximum atomic E-state index is 13.5. The molecular formula is C18H17F4N5O4. The lowest BCUT2D eigenvalue weighted by atomic mass is 10.1. The van der Waals surface area contributed by atoms with E-state index in [0.29, 0.717) is 6.07 Å². The van der Waals surface area contributed by atoms with E-state index in [1.165, 1.54) is 23.3 Å². The summed E-state index contributed by atoms with van der Waals surface area (Å²) in [6.45, 7) is -0.600. The molecule has 3 heterocycles. The number of nitrogens with zero attached hydrogens (tertiary/aromatic N) is 4. The molecule has 4 rings (SSSR count). The van der Waals surface area contributed by atoms with Crippen LogP contribution in [0, 0.1) is 5.82 Å². The standard InChI is InChI=1S/C18H17F4N5O4/c19-10-2-1-8(3-9(10)18(20,21)22)4-23-15-12-16(25-6-24-15)27(7-26-12)17-14(30)13(29)11(5-28)31-17/h1-3,6-7,11,13-14,17,28-30H,4-5H2,(H,23,24,25)/t11-,13-,14+,17?/m1/s1. The third kappa shape index (κ3) is 3.92. The minimum Gasteiger partial charge on any atom is -0.394 e. The molecule has 0 amide bonds. The van der Waals surface area contributed by atoms with Crippen molar-refractivity contribution in [3.05, 3.63) is 47.8 Å². The summed E-state index contributed by atoms with van der Waals surface area (Å²) in [5, 5.41) is 32.2. The molecule has 1 unspecified atom stereocenters. The van der Waals surface area contributed by atoms with Crippen LogP contribution in [-0.4, -0.2) is 59.8 Å². The van der Waals surface area contributed by atoms with Gasteiger partial charge in [0.05, 0.1) is 18.5 Å². The highest BCUT2D eigenvalue weighted by atomic mass is 19.4. The number of hydrogen-bond acceptors (Lipinski definition) is 8. The van der Waals surface area contributed by atoms with Crippen molar-refractivity contribution in [3.8, 4) is 0 Å². The molecular weight excluding hydrogens is 426 g/mol. The predicted octanol–water partition coefficient (Wildman–Crippen LogP) is 1.21. The first-order valence-electron chi connectivity index (χ1n) is 9.10. The van der Waals surface area contributed by atoms with Crippen LogP contribution < -0.4 is 5.32 Å². The van der Waals surface area contributed by atoms with E-state index in [-0.39, 0.29) is 29.1 Å². The molecule has 1 saturated heterocycles. The zero-order valence-corrected chi connectivity index (χ0v) is 15.7. The number of aromatic nitrogens is 4. The Hall–Kier alpha value is -2.87. The van der Waals surface area contributed by atoms with Gasteiger partial charge in [-0.05, 0) is 17.7 Å². The molecule has 1 aromatic carbocycles. The van der Waals surface area contributed by atoms with E-state index in [1.54, 1.807) is 0 Å². The number of nitrogens with one attached hydrogen (secondary N) is 1. The van der Waals surface area contributed by atoms with Crippen LogP contribution in [0.1, 0.15) is 17.4 Å². The van der Waals surface area contributed by atoms with Gasteiger partial charge < -0.3 is 25.4 Å². The fourth-order valence-corrected chi connectivity index (χ4v) is 3.36. The molecule has 1 fully saturated rings. The maximum Gasteiger partial charge on any atom is 0.419 e. The lowest BCUT2D eigenvalue weighted by Gasteiger charge is -2.16. The monoisotopic (exact) mass is 443 g/mol. The van der Waals surface area contributed by atoms with Crippen LogP contribution in [0.3, 0.4) is 0 Å². The fraction of sp³-hybridized carbons (Fsp3) is 0.389. The number of aliphatic hydroxyl groups excluding tert-OH is 3. The molecule has 13 heteroatoms. The molecule has 4 atom stereocenters. The predicted molar refractivity (Wildman–Crippen MR) is 97.1 cm³/mol. The van der Waals surface area contributed by atoms with Crippen LogP contribution in [0.15, 0.2) is 30.9 Å². The van der Waals surface area contributed by atoms with Crippen molar-refractivity contribution < 1.29 is 37.6 Å². The van der Waals surface area contributed by atoms with Crippen LogP contribution in [0.5, 0.6) is 0 Å². The van der Waals surface area contributed by atoms with Crippen LogP contribution in [0.2, 0.25) is 0 Å². The Bertz CT molecular complexity index is 1090. The van der Waals surface area contributed by atoms with Crippen molar-refractivity contribution in [1.29, 1.82) is 0 Å². The van der Waals surface area contributed by atoms with Crippen LogP contribution in [0.25, 0.3) is 11.2 Å². The van der Waals surface area contributed by atoms with E-state index >= 15 is 0 Å². The second kappa shape index (κ2) is 8.00. The minimum absolute atomic E-state index is 0.101. The van der Waals surface area contributed by atoms with Crippen molar-refractivity contribution >= 4 is 17.0 Å². The number of halogens is 4. The molecule has 0 bridgehead atoms. The van der Waals surface area contributed by atoms with Gasteiger partial charge in [-0.15, -0.1) is 0 Å². The van der Waals surface area contributed by atoms with E-state index in [2.05, 4.69) is 20.3 Å². The fourth-order valence-electron chi connectivity index (χ4n) is 3.36. The number of alkyl halides is 3. The molecule has 9 nitrogen and oxygen atoms in total. The molecule has 1 aliphatic rings. The Morgan fingerprint density at radius 1 is 1.13 bits per heavy atom. The van der Waals surface area contributed by atoms with E-state index in [9.17, 15) is 32.9 Å². The van der Waals surface area contributed by atoms with Gasteiger partial charge in [-0.1, -0.05) is 6.07 Å². The highest BCUT2D eigenvalue weighted by molar-refractivity contribution is 5.82. The third-order valence-electron chi connectivity index (χ3n) is 4.95. The van der Waals surface area contributed by atoms with E-state index in [4.69, 9.17) is 4.74 Å². The van der Waals surface area contributed by atoms with Crippen molar-refractivity contribution in [1.82, 2.24) is 19.5 Å². The largest absolute Gasteiger partial charge is 0.419 e. The lowest BCUT2D eigenvalue weighted by Crippen LogP contribution is -2.33. The molecule has 31 heavy (non-hydrogen) atoms. The number of benzene rings is 1. The number of fused-ring (bicyclic) bond motifs is 1. The van der Waals surface area contributed by atoms with E-state index in [0.717, 1.165) is 6.07 Å². The smallest absolute Gasteiger partial charge is 0.394 e. The van der Waals surface area contributed by atoms with E-state index < -0.39 is 48.7 Å². The average Bonchev–Trinajstić information content (AvgIpc) is 3.28. The van der Waals surface area contributed by atoms with Crippen LogP contribution in [-0.2, 0) is 17.5 Å². The summed E-state index contributed by atoms with van der Waals surface area (Å²) in [5.74, 6) is -1.17. The second-order valence-electron chi connectivity index (χ2n) is 6.94. The van der Waals surface area contributed by atoms with Gasteiger partial charge in [0, 0.05) is 6.54 Å². The zero-order valence-electron chi connectivity index (χ0n) is 15.7. The Morgan fingerprint density at radius 3 is 2.58 bits per heavy atom. The average molecular weight is 443 g/mol. The zero-order chi connectivity index (χ0) is 22.3. The summed E-state index contributed by atoms with van der Waals surface area (Å²) in [4.78, 5) is 12.3. The first-order chi connectivity index (χ1) is 14.7. The lowest BCUT2D eigenvalue weighted by molar-refractivity contribution is -0.140. The van der Waals surface area contributed by atoms with Gasteiger partial charge in [-0.3, -0.25) is 4.57 Å². The van der Waals surface area contributed by atoms with Crippen LogP contribution in [0.4, 0.5) is 23.4 Å². The summed E-state index contributed by atoms with van der Waals surface area (Å²) in [6, 6.07) is 2.66. The topological polar surface area (TPSA) is 126 Å². The van der Waals surface area contributed by atoms with Crippen molar-refractivity contribution in [2.75, 3.05) is 11.9 Å². The molecule has 0 saturated carbocycles. The van der Waals surface area contributed by atoms with Gasteiger partial charge in [-0.2, -0.15) is 13.2 Å². The molecule has 0 spiro atoms. The molecule has 4 N–H and O–H groups in total. The SMILES string of the molecule is OC[C@H]1OC(n2cnc3c(NCc4ccc(F)c(C(F)(F)F)c4)ncnc32)[C@@H](O)[C@@H]1O. The Kier molecular flexibility index (Phi) is 5.51. The van der Waals surface area contributed by atoms with Crippen molar-refractivity contribution in [2.24, 2.45) is 0 Å².